The molecule has 5 heteroatoms. The van der Waals surface area contributed by atoms with Gasteiger partial charge in [0.15, 0.2) is 0 Å². The van der Waals surface area contributed by atoms with Crippen LogP contribution in [0.15, 0.2) is 37.1 Å². The Labute approximate surface area is 85.2 Å². The van der Waals surface area contributed by atoms with E-state index in [0.717, 1.165) is 0 Å². The Balaban J connectivity index is 2.48. The van der Waals surface area contributed by atoms with Crippen LogP contribution in [0.2, 0.25) is 0 Å². The van der Waals surface area contributed by atoms with E-state index in [0.29, 0.717) is 10.2 Å². The highest BCUT2D eigenvalue weighted by molar-refractivity contribution is 7.71. The molecule has 0 atom stereocenters. The highest BCUT2D eigenvalue weighted by atomic mass is 32.1. The second kappa shape index (κ2) is 3.55. The molecule has 2 aromatic heterocycles. The van der Waals surface area contributed by atoms with Gasteiger partial charge in [0.1, 0.15) is 11.0 Å². The van der Waals surface area contributed by atoms with Crippen molar-refractivity contribution in [2.24, 2.45) is 0 Å². The summed E-state index contributed by atoms with van der Waals surface area (Å²) in [4.78, 5) is 18.4. The number of aromatic amines is 1. The normalized spacial score (nSPS) is 10.0. The smallest absolute Gasteiger partial charge is 0.266 e. The molecular weight excluding hydrogens is 198 g/mol. The highest BCUT2D eigenvalue weighted by Gasteiger charge is 2.08. The fraction of sp³-hybridized carbons (Fsp3) is 0. The van der Waals surface area contributed by atoms with Gasteiger partial charge in [-0.3, -0.25) is 9.36 Å². The van der Waals surface area contributed by atoms with E-state index in [4.69, 9.17) is 12.2 Å². The lowest BCUT2D eigenvalue weighted by Crippen LogP contribution is -2.10. The predicted molar refractivity (Wildman–Crippen MR) is 53.6 cm³/mol. The largest absolute Gasteiger partial charge is 0.352 e. The molecule has 0 aliphatic heterocycles. The average molecular weight is 205 g/mol. The summed E-state index contributed by atoms with van der Waals surface area (Å²) in [6.07, 6.45) is 6.27. The molecule has 0 aromatic carbocycles. The van der Waals surface area contributed by atoms with Gasteiger partial charge in [0.05, 0.1) is 5.56 Å². The maximum absolute atomic E-state index is 11.8. The first kappa shape index (κ1) is 8.83. The van der Waals surface area contributed by atoms with Crippen molar-refractivity contribution in [3.05, 3.63) is 47.3 Å². The summed E-state index contributed by atoms with van der Waals surface area (Å²) in [7, 11) is 0. The molecule has 2 aromatic rings. The molecule has 0 amide bonds. The third-order valence-corrected chi connectivity index (χ3v) is 2.13. The molecule has 0 aliphatic carbocycles. The van der Waals surface area contributed by atoms with Gasteiger partial charge in [0.25, 0.3) is 5.91 Å². The Morgan fingerprint density at radius 1 is 1.57 bits per heavy atom. The molecule has 0 aliphatic rings. The molecule has 2 heterocycles. The number of carbonyl (C=O) groups excluding carboxylic acids is 1. The van der Waals surface area contributed by atoms with E-state index in [-0.39, 0.29) is 5.91 Å². The van der Waals surface area contributed by atoms with Gasteiger partial charge in [0, 0.05) is 18.6 Å². The maximum Gasteiger partial charge on any atom is 0.266 e. The van der Waals surface area contributed by atoms with E-state index < -0.39 is 0 Å². The van der Waals surface area contributed by atoms with Gasteiger partial charge >= 0.3 is 0 Å². The molecule has 0 saturated carbocycles. The van der Waals surface area contributed by atoms with E-state index in [1.165, 1.54) is 10.9 Å². The van der Waals surface area contributed by atoms with Crippen molar-refractivity contribution in [2.45, 2.75) is 0 Å². The first-order chi connectivity index (χ1) is 6.79. The summed E-state index contributed by atoms with van der Waals surface area (Å²) in [5.74, 6) is -0.177. The number of pyridine rings is 1. The first-order valence-corrected chi connectivity index (χ1v) is 4.40. The van der Waals surface area contributed by atoms with Crippen molar-refractivity contribution < 1.29 is 4.79 Å². The van der Waals surface area contributed by atoms with Gasteiger partial charge in [0.2, 0.25) is 0 Å². The van der Waals surface area contributed by atoms with E-state index in [1.54, 1.807) is 30.7 Å². The summed E-state index contributed by atoms with van der Waals surface area (Å²) >= 11 is 4.99. The SMILES string of the molecule is O=C(c1ccc[nH]c1=S)n1ccnc1. The summed E-state index contributed by atoms with van der Waals surface area (Å²) in [6.45, 7) is 0. The number of imidazole rings is 1. The second-order valence-corrected chi connectivity index (χ2v) is 3.10. The molecule has 0 radical (unpaired) electrons. The minimum Gasteiger partial charge on any atom is -0.352 e. The third kappa shape index (κ3) is 1.49. The van der Waals surface area contributed by atoms with E-state index in [2.05, 4.69) is 9.97 Å². The van der Waals surface area contributed by atoms with E-state index in [9.17, 15) is 4.79 Å². The van der Waals surface area contributed by atoms with Crippen LogP contribution in [-0.4, -0.2) is 20.4 Å². The maximum atomic E-state index is 11.8. The van der Waals surface area contributed by atoms with Crippen LogP contribution in [0.1, 0.15) is 10.4 Å². The van der Waals surface area contributed by atoms with Crippen LogP contribution in [-0.2, 0) is 0 Å². The zero-order chi connectivity index (χ0) is 9.97. The monoisotopic (exact) mass is 205 g/mol. The van der Waals surface area contributed by atoms with Crippen LogP contribution in [0.4, 0.5) is 0 Å². The van der Waals surface area contributed by atoms with Gasteiger partial charge in [-0.25, -0.2) is 4.98 Å². The van der Waals surface area contributed by atoms with Crippen molar-refractivity contribution in [2.75, 3.05) is 0 Å². The van der Waals surface area contributed by atoms with Crippen LogP contribution in [0.5, 0.6) is 0 Å². The second-order valence-electron chi connectivity index (χ2n) is 2.69. The Hall–Kier alpha value is -1.75. The quantitative estimate of drug-likeness (QED) is 0.720. The molecule has 0 fully saturated rings. The van der Waals surface area contributed by atoms with Gasteiger partial charge < -0.3 is 4.98 Å². The van der Waals surface area contributed by atoms with Crippen LogP contribution in [0.3, 0.4) is 0 Å². The lowest BCUT2D eigenvalue weighted by molar-refractivity contribution is 0.0959. The number of nitrogens with zero attached hydrogens (tertiary/aromatic N) is 2. The topological polar surface area (TPSA) is 50.7 Å². The summed E-state index contributed by atoms with van der Waals surface area (Å²) in [5.41, 5.74) is 0.473. The highest BCUT2D eigenvalue weighted by Crippen LogP contribution is 2.02. The lowest BCUT2D eigenvalue weighted by atomic mass is 10.3. The van der Waals surface area contributed by atoms with Crippen molar-refractivity contribution in [3.63, 3.8) is 0 Å². The zero-order valence-electron chi connectivity index (χ0n) is 7.18. The van der Waals surface area contributed by atoms with Crippen molar-refractivity contribution in [3.8, 4) is 0 Å². The lowest BCUT2D eigenvalue weighted by Gasteiger charge is -1.99. The molecule has 0 bridgehead atoms. The first-order valence-electron chi connectivity index (χ1n) is 3.99. The van der Waals surface area contributed by atoms with Gasteiger partial charge in [-0.15, -0.1) is 0 Å². The average Bonchev–Trinajstić information content (AvgIpc) is 2.70. The standard InChI is InChI=1S/C9H7N3OS/c13-9(12-5-4-10-6-12)7-2-1-3-11-8(7)14/h1-6H,(H,11,14). The fourth-order valence-corrected chi connectivity index (χ4v) is 1.33. The van der Waals surface area contributed by atoms with Crippen molar-refractivity contribution in [1.29, 1.82) is 0 Å². The third-order valence-electron chi connectivity index (χ3n) is 1.79. The van der Waals surface area contributed by atoms with Gasteiger partial charge in [-0.1, -0.05) is 12.2 Å². The minimum atomic E-state index is -0.177. The van der Waals surface area contributed by atoms with Crippen LogP contribution in [0, 0.1) is 4.64 Å². The number of aromatic nitrogens is 3. The number of hydrogen-bond donors (Lipinski definition) is 1. The molecule has 0 spiro atoms. The van der Waals surface area contributed by atoms with Gasteiger partial charge in [-0.05, 0) is 12.1 Å². The molecule has 0 saturated heterocycles. The summed E-state index contributed by atoms with van der Waals surface area (Å²) in [5, 5.41) is 0. The Morgan fingerprint density at radius 2 is 2.43 bits per heavy atom. The number of nitrogens with one attached hydrogen (secondary N) is 1. The molecule has 70 valence electrons. The number of carbonyl (C=O) groups is 1. The Morgan fingerprint density at radius 3 is 3.07 bits per heavy atom. The van der Waals surface area contributed by atoms with Crippen molar-refractivity contribution >= 4 is 18.1 Å². The number of rotatable bonds is 1. The number of H-pyrrole nitrogens is 1. The summed E-state index contributed by atoms with van der Waals surface area (Å²) < 4.78 is 1.82. The molecule has 1 N–H and O–H groups in total. The van der Waals surface area contributed by atoms with E-state index >= 15 is 0 Å². The molecule has 14 heavy (non-hydrogen) atoms. The Kier molecular flexibility index (Phi) is 2.24. The minimum absolute atomic E-state index is 0.177. The fourth-order valence-electron chi connectivity index (χ4n) is 1.11. The zero-order valence-corrected chi connectivity index (χ0v) is 7.99. The van der Waals surface area contributed by atoms with Crippen LogP contribution >= 0.6 is 12.2 Å². The van der Waals surface area contributed by atoms with Crippen molar-refractivity contribution in [1.82, 2.24) is 14.5 Å². The molecule has 2 rings (SSSR count). The molecule has 4 nitrogen and oxygen atoms in total. The van der Waals surface area contributed by atoms with Crippen LogP contribution in [0.25, 0.3) is 0 Å². The Bertz CT molecular complexity index is 501. The predicted octanol–water partition coefficient (Wildman–Crippen LogP) is 1.63. The van der Waals surface area contributed by atoms with Gasteiger partial charge in [-0.2, -0.15) is 0 Å². The summed E-state index contributed by atoms with van der Waals surface area (Å²) in [6, 6.07) is 3.42. The van der Waals surface area contributed by atoms with Crippen LogP contribution < -0.4 is 0 Å². The number of hydrogen-bond acceptors (Lipinski definition) is 3. The molecular formula is C9H7N3OS. The van der Waals surface area contributed by atoms with E-state index in [1.807, 2.05) is 0 Å². The molecule has 0 unspecified atom stereocenters.